The van der Waals surface area contributed by atoms with E-state index < -0.39 is 12.7 Å². The minimum Gasteiger partial charge on any atom is -0.457 e. The average Bonchev–Trinajstić information content (AvgIpc) is 3.86. The molecule has 5 aromatic carbocycles. The quantitative estimate of drug-likeness (QED) is 0.177. The topological polar surface area (TPSA) is 49.8 Å². The monoisotopic (exact) mass is 627 g/mol. The fourth-order valence-electron chi connectivity index (χ4n) is 6.95. The number of fused-ring (bicyclic) bond motifs is 6. The van der Waals surface area contributed by atoms with Crippen LogP contribution in [0.1, 0.15) is 30.5 Å². The summed E-state index contributed by atoms with van der Waals surface area (Å²) in [6.07, 6.45) is 2.08. The first-order chi connectivity index (χ1) is 25.1. The summed E-state index contributed by atoms with van der Waals surface area (Å²) >= 11 is 0. The highest BCUT2D eigenvalue weighted by Crippen LogP contribution is 2.38. The molecule has 0 saturated heterocycles. The molecule has 0 aliphatic carbocycles. The van der Waals surface area contributed by atoms with Crippen LogP contribution in [0.25, 0.3) is 60.8 Å². The summed E-state index contributed by atoms with van der Waals surface area (Å²) in [4.78, 5) is 4.90. The van der Waals surface area contributed by atoms with Gasteiger partial charge >= 0.3 is 0 Å². The molecule has 4 heterocycles. The number of aromatic nitrogens is 5. The van der Waals surface area contributed by atoms with Crippen molar-refractivity contribution >= 4 is 43.6 Å². The Hall–Kier alpha value is -6.14. The lowest BCUT2D eigenvalue weighted by molar-refractivity contribution is 0.483. The SMILES string of the molecule is [2H]C([2H])(C)c1cccc2c3cccc(C([2H])([2H])C)c3n(-c3ccnc(-n4c5ccccc5c5ccc(Oc6cccc(-n7cccn7)c6)cc54)c3)c12. The van der Waals surface area contributed by atoms with Crippen molar-refractivity contribution in [2.45, 2.75) is 26.6 Å². The Kier molecular flexibility index (Phi) is 5.66. The maximum absolute atomic E-state index is 8.80. The van der Waals surface area contributed by atoms with Crippen LogP contribution in [0.4, 0.5) is 0 Å². The normalized spacial score (nSPS) is 13.5. The minimum atomic E-state index is -1.66. The van der Waals surface area contributed by atoms with Gasteiger partial charge in [-0.25, -0.2) is 9.67 Å². The van der Waals surface area contributed by atoms with Gasteiger partial charge in [-0.2, -0.15) is 5.10 Å². The summed E-state index contributed by atoms with van der Waals surface area (Å²) in [7, 11) is 0. The molecule has 48 heavy (non-hydrogen) atoms. The number of ether oxygens (including phenoxy) is 1. The first kappa shape index (κ1) is 24.1. The number of nitrogens with zero attached hydrogens (tertiary/aromatic N) is 5. The molecule has 9 aromatic rings. The van der Waals surface area contributed by atoms with Gasteiger partial charge in [-0.3, -0.25) is 4.57 Å². The van der Waals surface area contributed by atoms with Gasteiger partial charge in [0.2, 0.25) is 0 Å². The van der Waals surface area contributed by atoms with Gasteiger partial charge in [0.25, 0.3) is 0 Å². The van der Waals surface area contributed by atoms with Crippen molar-refractivity contribution in [1.82, 2.24) is 23.9 Å². The Morgan fingerprint density at radius 3 is 2.04 bits per heavy atom. The second-order valence-electron chi connectivity index (χ2n) is 11.7. The Labute approximate surface area is 283 Å². The average molecular weight is 628 g/mol. The molecule has 0 aliphatic heterocycles. The number of pyridine rings is 1. The van der Waals surface area contributed by atoms with Gasteiger partial charge in [-0.1, -0.05) is 74.5 Å². The highest BCUT2D eigenvalue weighted by Gasteiger charge is 2.19. The highest BCUT2D eigenvalue weighted by atomic mass is 16.5. The summed E-state index contributed by atoms with van der Waals surface area (Å²) in [5.74, 6) is 2.00. The smallest absolute Gasteiger partial charge is 0.139 e. The van der Waals surface area contributed by atoms with E-state index in [1.807, 2.05) is 114 Å². The van der Waals surface area contributed by atoms with Crippen LogP contribution in [0.5, 0.6) is 11.5 Å². The van der Waals surface area contributed by atoms with Crippen LogP contribution in [0.15, 0.2) is 140 Å². The van der Waals surface area contributed by atoms with E-state index in [1.54, 1.807) is 30.9 Å². The molecule has 6 nitrogen and oxygen atoms in total. The summed E-state index contributed by atoms with van der Waals surface area (Å²) in [5.41, 5.74) is 5.97. The summed E-state index contributed by atoms with van der Waals surface area (Å²) in [5, 5.41) is 8.18. The molecule has 0 spiro atoms. The number of rotatable bonds is 7. The molecular formula is C42H33N5O. The van der Waals surface area contributed by atoms with Gasteiger partial charge in [-0.15, -0.1) is 0 Å². The van der Waals surface area contributed by atoms with Gasteiger partial charge in [0.1, 0.15) is 17.3 Å². The van der Waals surface area contributed by atoms with Crippen molar-refractivity contribution in [3.8, 4) is 28.7 Å². The number of hydrogen-bond donors (Lipinski definition) is 0. The zero-order chi connectivity index (χ0) is 35.8. The van der Waals surface area contributed by atoms with Crippen LogP contribution >= 0.6 is 0 Å². The van der Waals surface area contributed by atoms with E-state index in [2.05, 4.69) is 27.9 Å². The standard InChI is InChI=1S/C42H33N5O/c1-3-28-11-7-16-36-37-17-8-12-29(4-2)42(37)46(41(28)36)31-21-23-43-40(26-31)47-38-18-6-5-15-34(38)35-20-19-33(27-39(35)47)48-32-14-9-13-30(25-32)45-24-10-22-44-45/h5-27H,3-4H2,1-2H3/i3D2,4D2. The molecular weight excluding hydrogens is 590 g/mol. The van der Waals surface area contributed by atoms with Crippen molar-refractivity contribution in [3.05, 3.63) is 151 Å². The predicted octanol–water partition coefficient (Wildman–Crippen LogP) is 10.4. The first-order valence-electron chi connectivity index (χ1n) is 17.9. The van der Waals surface area contributed by atoms with Gasteiger partial charge in [0.15, 0.2) is 0 Å². The van der Waals surface area contributed by atoms with Crippen molar-refractivity contribution in [1.29, 1.82) is 0 Å². The number of aryl methyl sites for hydroxylation is 2. The van der Waals surface area contributed by atoms with E-state index in [0.29, 0.717) is 39.5 Å². The molecule has 232 valence electrons. The third-order valence-electron chi connectivity index (χ3n) is 9.03. The van der Waals surface area contributed by atoms with Crippen LogP contribution in [-0.2, 0) is 12.7 Å². The zero-order valence-electron chi connectivity index (χ0n) is 30.4. The van der Waals surface area contributed by atoms with Gasteiger partial charge < -0.3 is 9.30 Å². The van der Waals surface area contributed by atoms with Crippen LogP contribution in [0, 0.1) is 0 Å². The Morgan fingerprint density at radius 2 is 1.29 bits per heavy atom. The number of para-hydroxylation sites is 3. The van der Waals surface area contributed by atoms with E-state index >= 15 is 0 Å². The fraction of sp³-hybridized carbons (Fsp3) is 0.0952. The number of benzene rings is 5. The molecule has 6 heteroatoms. The zero-order valence-corrected chi connectivity index (χ0v) is 26.4. The molecule has 0 N–H and O–H groups in total. The van der Waals surface area contributed by atoms with Crippen LogP contribution in [-0.4, -0.2) is 23.9 Å². The second-order valence-corrected chi connectivity index (χ2v) is 11.7. The third-order valence-corrected chi connectivity index (χ3v) is 9.03. The van der Waals surface area contributed by atoms with E-state index in [1.165, 1.54) is 0 Å². The Morgan fingerprint density at radius 1 is 0.583 bits per heavy atom. The lowest BCUT2D eigenvalue weighted by atomic mass is 10.1. The third kappa shape index (κ3) is 4.41. The first-order valence-corrected chi connectivity index (χ1v) is 15.9. The van der Waals surface area contributed by atoms with Crippen molar-refractivity contribution in [3.63, 3.8) is 0 Å². The molecule has 4 aromatic heterocycles. The lowest BCUT2D eigenvalue weighted by Gasteiger charge is -2.15. The molecule has 9 rings (SSSR count). The molecule has 0 saturated carbocycles. The Bertz CT molecular complexity index is 2740. The van der Waals surface area contributed by atoms with Gasteiger partial charge in [0.05, 0.1) is 33.4 Å². The molecule has 0 amide bonds. The largest absolute Gasteiger partial charge is 0.457 e. The number of hydrogen-bond acceptors (Lipinski definition) is 3. The molecule has 0 aliphatic rings. The maximum atomic E-state index is 8.80. The molecule has 0 bridgehead atoms. The molecule has 0 radical (unpaired) electrons. The van der Waals surface area contributed by atoms with E-state index in [0.717, 1.165) is 44.0 Å². The molecule has 0 atom stereocenters. The highest BCUT2D eigenvalue weighted by molar-refractivity contribution is 6.12. The van der Waals surface area contributed by atoms with E-state index in [9.17, 15) is 0 Å². The minimum absolute atomic E-state index is 0.525. The van der Waals surface area contributed by atoms with E-state index in [-0.39, 0.29) is 0 Å². The molecule has 0 fully saturated rings. The van der Waals surface area contributed by atoms with Crippen molar-refractivity contribution in [2.75, 3.05) is 0 Å². The molecule has 0 unspecified atom stereocenters. The summed E-state index contributed by atoms with van der Waals surface area (Å²) in [6.45, 7) is 3.13. The Balaban J connectivity index is 1.26. The van der Waals surface area contributed by atoms with Crippen LogP contribution < -0.4 is 4.74 Å². The summed E-state index contributed by atoms with van der Waals surface area (Å²) < 4.78 is 47.5. The van der Waals surface area contributed by atoms with Crippen LogP contribution in [0.3, 0.4) is 0 Å². The predicted molar refractivity (Wildman–Crippen MR) is 195 cm³/mol. The van der Waals surface area contributed by atoms with Crippen LogP contribution in [0.2, 0.25) is 0 Å². The van der Waals surface area contributed by atoms with Gasteiger partial charge in [0, 0.05) is 63.8 Å². The van der Waals surface area contributed by atoms with E-state index in [4.69, 9.17) is 15.2 Å². The summed E-state index contributed by atoms with van der Waals surface area (Å²) in [6, 6.07) is 39.2. The van der Waals surface area contributed by atoms with Crippen molar-refractivity contribution in [2.24, 2.45) is 0 Å². The van der Waals surface area contributed by atoms with Crippen molar-refractivity contribution < 1.29 is 10.2 Å². The second kappa shape index (κ2) is 11.3. The van der Waals surface area contributed by atoms with Gasteiger partial charge in [-0.05, 0) is 66.3 Å². The fourth-order valence-corrected chi connectivity index (χ4v) is 6.95. The maximum Gasteiger partial charge on any atom is 0.139 e. The lowest BCUT2D eigenvalue weighted by Crippen LogP contribution is -2.03.